The lowest BCUT2D eigenvalue weighted by Crippen LogP contribution is -2.61. The van der Waals surface area contributed by atoms with Gasteiger partial charge in [0.1, 0.15) is 6.04 Å². The van der Waals surface area contributed by atoms with Crippen LogP contribution in [0, 0.1) is 13.8 Å². The molecule has 0 saturated carbocycles. The first-order valence-electron chi connectivity index (χ1n) is 6.03. The summed E-state index contributed by atoms with van der Waals surface area (Å²) >= 11 is 0. The zero-order valence-corrected chi connectivity index (χ0v) is 10.4. The van der Waals surface area contributed by atoms with E-state index in [0.29, 0.717) is 6.54 Å². The van der Waals surface area contributed by atoms with Gasteiger partial charge >= 0.3 is 0 Å². The van der Waals surface area contributed by atoms with E-state index in [1.54, 1.807) is 4.90 Å². The van der Waals surface area contributed by atoms with Crippen LogP contribution in [0.5, 0.6) is 0 Å². The van der Waals surface area contributed by atoms with Crippen molar-refractivity contribution >= 4 is 23.2 Å². The Kier molecular flexibility index (Phi) is 2.38. The van der Waals surface area contributed by atoms with Crippen LogP contribution in [0.25, 0.3) is 0 Å². The van der Waals surface area contributed by atoms with E-state index in [1.807, 2.05) is 26.0 Å². The molecule has 1 fully saturated rings. The van der Waals surface area contributed by atoms with Crippen molar-refractivity contribution in [1.82, 2.24) is 5.32 Å². The zero-order chi connectivity index (χ0) is 12.9. The van der Waals surface area contributed by atoms with Gasteiger partial charge in [0.25, 0.3) is 0 Å². The lowest BCUT2D eigenvalue weighted by atomic mass is 10.0. The SMILES string of the molecule is Cc1cc2c(cc1C)N1C(=O)CNCC1C(=O)N2. The van der Waals surface area contributed by atoms with Crippen LogP contribution in [0.3, 0.4) is 0 Å². The maximum Gasteiger partial charge on any atom is 0.248 e. The molecule has 94 valence electrons. The third-order valence-electron chi connectivity index (χ3n) is 3.63. The third kappa shape index (κ3) is 1.51. The van der Waals surface area contributed by atoms with Crippen molar-refractivity contribution in [2.75, 3.05) is 23.3 Å². The quantitative estimate of drug-likeness (QED) is 0.702. The Morgan fingerprint density at radius 2 is 1.94 bits per heavy atom. The van der Waals surface area contributed by atoms with Gasteiger partial charge in [0, 0.05) is 6.54 Å². The van der Waals surface area contributed by atoms with Crippen molar-refractivity contribution in [3.05, 3.63) is 23.3 Å². The number of fused-ring (bicyclic) bond motifs is 3. The van der Waals surface area contributed by atoms with Gasteiger partial charge in [-0.05, 0) is 37.1 Å². The first-order valence-corrected chi connectivity index (χ1v) is 6.03. The second kappa shape index (κ2) is 3.81. The van der Waals surface area contributed by atoms with Gasteiger partial charge < -0.3 is 10.6 Å². The van der Waals surface area contributed by atoms with Gasteiger partial charge in [-0.3, -0.25) is 14.5 Å². The van der Waals surface area contributed by atoms with Crippen LogP contribution >= 0.6 is 0 Å². The molecule has 0 bridgehead atoms. The molecule has 18 heavy (non-hydrogen) atoms. The minimum Gasteiger partial charge on any atom is -0.322 e. The van der Waals surface area contributed by atoms with E-state index in [1.165, 1.54) is 0 Å². The first-order chi connectivity index (χ1) is 8.58. The number of hydrogen-bond donors (Lipinski definition) is 2. The summed E-state index contributed by atoms with van der Waals surface area (Å²) in [4.78, 5) is 25.6. The fourth-order valence-corrected chi connectivity index (χ4v) is 2.49. The number of nitrogens with zero attached hydrogens (tertiary/aromatic N) is 1. The summed E-state index contributed by atoms with van der Waals surface area (Å²) in [5, 5.41) is 5.84. The Bertz CT molecular complexity index is 553. The van der Waals surface area contributed by atoms with Crippen LogP contribution in [0.2, 0.25) is 0 Å². The van der Waals surface area contributed by atoms with Gasteiger partial charge in [0.15, 0.2) is 0 Å². The van der Waals surface area contributed by atoms with Gasteiger partial charge in [0.2, 0.25) is 11.8 Å². The largest absolute Gasteiger partial charge is 0.322 e. The van der Waals surface area contributed by atoms with Gasteiger partial charge in [-0.1, -0.05) is 0 Å². The number of rotatable bonds is 0. The number of anilines is 2. The van der Waals surface area contributed by atoms with E-state index in [0.717, 1.165) is 22.5 Å². The number of carbonyl (C=O) groups excluding carboxylic acids is 2. The molecule has 2 aliphatic rings. The van der Waals surface area contributed by atoms with Crippen molar-refractivity contribution in [3.63, 3.8) is 0 Å². The van der Waals surface area contributed by atoms with E-state index in [2.05, 4.69) is 10.6 Å². The molecule has 1 unspecified atom stereocenters. The van der Waals surface area contributed by atoms with E-state index < -0.39 is 6.04 Å². The number of amides is 2. The zero-order valence-electron chi connectivity index (χ0n) is 10.4. The standard InChI is InChI=1S/C13H15N3O2/c1-7-3-9-10(4-8(7)2)16-11(13(18)15-9)5-14-6-12(16)17/h3-4,11,14H,5-6H2,1-2H3,(H,15,18). The molecule has 0 aromatic heterocycles. The molecular weight excluding hydrogens is 230 g/mol. The number of benzene rings is 1. The molecule has 1 aromatic rings. The molecule has 1 saturated heterocycles. The molecule has 0 spiro atoms. The van der Waals surface area contributed by atoms with Crippen LogP contribution in [-0.2, 0) is 9.59 Å². The number of nitrogens with one attached hydrogen (secondary N) is 2. The molecule has 1 aromatic carbocycles. The Morgan fingerprint density at radius 3 is 2.72 bits per heavy atom. The van der Waals surface area contributed by atoms with Crippen molar-refractivity contribution in [1.29, 1.82) is 0 Å². The Hall–Kier alpha value is -1.88. The van der Waals surface area contributed by atoms with E-state index in [-0.39, 0.29) is 18.4 Å². The summed E-state index contributed by atoms with van der Waals surface area (Å²) in [5.74, 6) is -0.170. The maximum absolute atomic E-state index is 12.0. The topological polar surface area (TPSA) is 61.4 Å². The van der Waals surface area contributed by atoms with Crippen LogP contribution in [0.15, 0.2) is 12.1 Å². The van der Waals surface area contributed by atoms with Crippen molar-refractivity contribution < 1.29 is 9.59 Å². The van der Waals surface area contributed by atoms with E-state index in [9.17, 15) is 9.59 Å². The summed E-state index contributed by atoms with van der Waals surface area (Å²) in [6.07, 6.45) is 0. The number of piperazine rings is 1. The lowest BCUT2D eigenvalue weighted by molar-refractivity contribution is -0.124. The monoisotopic (exact) mass is 245 g/mol. The van der Waals surface area contributed by atoms with Crippen LogP contribution < -0.4 is 15.5 Å². The van der Waals surface area contributed by atoms with Crippen LogP contribution in [0.4, 0.5) is 11.4 Å². The summed E-state index contributed by atoms with van der Waals surface area (Å²) in [5.41, 5.74) is 3.77. The fourth-order valence-electron chi connectivity index (χ4n) is 2.49. The Morgan fingerprint density at radius 1 is 1.22 bits per heavy atom. The average molecular weight is 245 g/mol. The Labute approximate surface area is 105 Å². The van der Waals surface area contributed by atoms with Gasteiger partial charge in [0.05, 0.1) is 17.9 Å². The summed E-state index contributed by atoms with van der Waals surface area (Å²) in [6, 6.07) is 3.47. The van der Waals surface area contributed by atoms with E-state index in [4.69, 9.17) is 0 Å². The molecule has 2 N–H and O–H groups in total. The number of aryl methyl sites for hydroxylation is 2. The molecule has 0 aliphatic carbocycles. The second-order valence-corrected chi connectivity index (χ2v) is 4.85. The van der Waals surface area contributed by atoms with Crippen molar-refractivity contribution in [3.8, 4) is 0 Å². The first kappa shape index (κ1) is 11.2. The van der Waals surface area contributed by atoms with E-state index >= 15 is 0 Å². The van der Waals surface area contributed by atoms with Crippen molar-refractivity contribution in [2.45, 2.75) is 19.9 Å². The summed E-state index contributed by atoms with van der Waals surface area (Å²) < 4.78 is 0. The smallest absolute Gasteiger partial charge is 0.248 e. The summed E-state index contributed by atoms with van der Waals surface area (Å²) in [7, 11) is 0. The molecule has 1 atom stereocenters. The van der Waals surface area contributed by atoms with Gasteiger partial charge in [-0.25, -0.2) is 0 Å². The normalized spacial score (nSPS) is 22.3. The second-order valence-electron chi connectivity index (χ2n) is 4.85. The fraction of sp³-hybridized carbons (Fsp3) is 0.385. The van der Waals surface area contributed by atoms with Crippen LogP contribution in [0.1, 0.15) is 11.1 Å². The number of hydrogen-bond acceptors (Lipinski definition) is 3. The Balaban J connectivity index is 2.16. The molecule has 5 heteroatoms. The highest BCUT2D eigenvalue weighted by molar-refractivity contribution is 6.13. The lowest BCUT2D eigenvalue weighted by Gasteiger charge is -2.39. The molecule has 2 amide bonds. The van der Waals surface area contributed by atoms with Gasteiger partial charge in [-0.2, -0.15) is 0 Å². The molecule has 3 rings (SSSR count). The number of carbonyl (C=O) groups is 2. The molecule has 5 nitrogen and oxygen atoms in total. The molecule has 2 aliphatic heterocycles. The molecule has 0 radical (unpaired) electrons. The highest BCUT2D eigenvalue weighted by atomic mass is 16.2. The predicted molar refractivity (Wildman–Crippen MR) is 68.7 cm³/mol. The summed E-state index contributed by atoms with van der Waals surface area (Å²) in [6.45, 7) is 4.79. The minimum absolute atomic E-state index is 0.0504. The average Bonchev–Trinajstić information content (AvgIpc) is 2.32. The minimum atomic E-state index is -0.430. The highest BCUT2D eigenvalue weighted by Gasteiger charge is 2.39. The molecule has 2 heterocycles. The maximum atomic E-state index is 12.0. The van der Waals surface area contributed by atoms with Gasteiger partial charge in [-0.15, -0.1) is 0 Å². The van der Waals surface area contributed by atoms with Crippen molar-refractivity contribution in [2.24, 2.45) is 0 Å². The highest BCUT2D eigenvalue weighted by Crippen LogP contribution is 2.35. The third-order valence-corrected chi connectivity index (χ3v) is 3.63. The van der Waals surface area contributed by atoms with Crippen LogP contribution in [-0.4, -0.2) is 30.9 Å². The molecular formula is C13H15N3O2. The predicted octanol–water partition coefficient (Wildman–Crippen LogP) is 0.560.